The number of rotatable bonds is 3. The van der Waals surface area contributed by atoms with E-state index >= 15 is 0 Å². The molecule has 0 atom stereocenters. The summed E-state index contributed by atoms with van der Waals surface area (Å²) in [4.78, 5) is 4.87. The molecule has 0 saturated heterocycles. The predicted octanol–water partition coefficient (Wildman–Crippen LogP) is 5.41. The lowest BCUT2D eigenvalue weighted by molar-refractivity contribution is 0.650. The zero-order valence-corrected chi connectivity index (χ0v) is 12.9. The zero-order valence-electron chi connectivity index (χ0n) is 12.9. The summed E-state index contributed by atoms with van der Waals surface area (Å²) in [5.74, 6) is 0.659. The fraction of sp³-hybridized carbons (Fsp3) is 0.250. The Morgan fingerprint density at radius 3 is 2.48 bits per heavy atom. The van der Waals surface area contributed by atoms with Gasteiger partial charge in [0.2, 0.25) is 0 Å². The number of pyridine rings is 1. The molecule has 0 unspecified atom stereocenters. The topological polar surface area (TPSA) is 12.9 Å². The Labute approximate surface area is 126 Å². The van der Waals surface area contributed by atoms with E-state index in [-0.39, 0.29) is 0 Å². The first kappa shape index (κ1) is 13.8. The van der Waals surface area contributed by atoms with E-state index in [1.807, 2.05) is 0 Å². The molecule has 3 aromatic rings. The maximum absolute atomic E-state index is 4.87. The van der Waals surface area contributed by atoms with Gasteiger partial charge in [-0.1, -0.05) is 56.3 Å². The third-order valence-electron chi connectivity index (χ3n) is 3.87. The Hall–Kier alpha value is -2.15. The lowest BCUT2D eigenvalue weighted by atomic mass is 9.98. The largest absolute Gasteiger partial charge is 0.248 e. The number of nitrogens with zero attached hydrogens (tertiary/aromatic N) is 1. The lowest BCUT2D eigenvalue weighted by Crippen LogP contribution is -1.96. The minimum absolute atomic E-state index is 0.659. The number of hydrogen-bond donors (Lipinski definition) is 0. The van der Waals surface area contributed by atoms with E-state index < -0.39 is 0 Å². The number of aromatic nitrogens is 1. The second-order valence-corrected chi connectivity index (χ2v) is 6.09. The Bertz CT molecular complexity index is 772. The van der Waals surface area contributed by atoms with Crippen LogP contribution in [0.5, 0.6) is 0 Å². The summed E-state index contributed by atoms with van der Waals surface area (Å²) in [5, 5.41) is 1.28. The summed E-state index contributed by atoms with van der Waals surface area (Å²) in [5.41, 5.74) is 6.03. The van der Waals surface area contributed by atoms with Gasteiger partial charge in [0, 0.05) is 10.9 Å². The number of hydrogen-bond acceptors (Lipinski definition) is 1. The van der Waals surface area contributed by atoms with Gasteiger partial charge in [-0.25, -0.2) is 4.98 Å². The van der Waals surface area contributed by atoms with Crippen LogP contribution in [-0.4, -0.2) is 4.98 Å². The fourth-order valence-electron chi connectivity index (χ4n) is 2.85. The van der Waals surface area contributed by atoms with Gasteiger partial charge in [-0.15, -0.1) is 0 Å². The standard InChI is InChI=1S/C20H21N/c1-14(2)13-16-8-6-10-19-18(16)11-12-20(21-19)17-9-5-4-7-15(17)3/h4-12,14H,13H2,1-3H3. The van der Waals surface area contributed by atoms with E-state index in [1.54, 1.807) is 0 Å². The highest BCUT2D eigenvalue weighted by Gasteiger charge is 2.07. The second-order valence-electron chi connectivity index (χ2n) is 6.09. The summed E-state index contributed by atoms with van der Waals surface area (Å²) >= 11 is 0. The molecule has 0 spiro atoms. The van der Waals surface area contributed by atoms with Gasteiger partial charge in [0.1, 0.15) is 0 Å². The Morgan fingerprint density at radius 1 is 0.905 bits per heavy atom. The Morgan fingerprint density at radius 2 is 1.71 bits per heavy atom. The fourth-order valence-corrected chi connectivity index (χ4v) is 2.85. The highest BCUT2D eigenvalue weighted by molar-refractivity contribution is 5.85. The van der Waals surface area contributed by atoms with Crippen molar-refractivity contribution in [2.24, 2.45) is 5.92 Å². The minimum atomic E-state index is 0.659. The highest BCUT2D eigenvalue weighted by atomic mass is 14.7. The van der Waals surface area contributed by atoms with Crippen LogP contribution in [-0.2, 0) is 6.42 Å². The number of benzene rings is 2. The van der Waals surface area contributed by atoms with E-state index in [4.69, 9.17) is 4.98 Å². The third-order valence-corrected chi connectivity index (χ3v) is 3.87. The quantitative estimate of drug-likeness (QED) is 0.623. The average molecular weight is 275 g/mol. The van der Waals surface area contributed by atoms with Gasteiger partial charge in [0.25, 0.3) is 0 Å². The summed E-state index contributed by atoms with van der Waals surface area (Å²) in [6, 6.07) is 19.2. The van der Waals surface area contributed by atoms with Gasteiger partial charge in [-0.05, 0) is 42.5 Å². The van der Waals surface area contributed by atoms with Crippen LogP contribution in [0.15, 0.2) is 54.6 Å². The first-order valence-corrected chi connectivity index (χ1v) is 7.60. The van der Waals surface area contributed by atoms with Crippen molar-refractivity contribution in [2.45, 2.75) is 27.2 Å². The van der Waals surface area contributed by atoms with Crippen molar-refractivity contribution in [3.05, 3.63) is 65.7 Å². The summed E-state index contributed by atoms with van der Waals surface area (Å²) in [7, 11) is 0. The summed E-state index contributed by atoms with van der Waals surface area (Å²) in [6.07, 6.45) is 1.10. The first-order valence-electron chi connectivity index (χ1n) is 7.60. The maximum Gasteiger partial charge on any atom is 0.0712 e. The molecular formula is C20H21N. The molecule has 1 aromatic heterocycles. The monoisotopic (exact) mass is 275 g/mol. The molecule has 3 rings (SSSR count). The van der Waals surface area contributed by atoms with Crippen LogP contribution in [0.4, 0.5) is 0 Å². The lowest BCUT2D eigenvalue weighted by Gasteiger charge is -2.11. The van der Waals surface area contributed by atoms with E-state index in [1.165, 1.54) is 22.1 Å². The molecule has 0 radical (unpaired) electrons. The summed E-state index contributed by atoms with van der Waals surface area (Å²) in [6.45, 7) is 6.65. The van der Waals surface area contributed by atoms with Crippen LogP contribution in [0.2, 0.25) is 0 Å². The molecule has 0 bridgehead atoms. The van der Waals surface area contributed by atoms with Gasteiger partial charge in [0.05, 0.1) is 11.2 Å². The van der Waals surface area contributed by atoms with Crippen molar-refractivity contribution >= 4 is 10.9 Å². The van der Waals surface area contributed by atoms with Crippen LogP contribution in [0.25, 0.3) is 22.2 Å². The van der Waals surface area contributed by atoms with Crippen molar-refractivity contribution in [3.8, 4) is 11.3 Å². The van der Waals surface area contributed by atoms with E-state index in [0.29, 0.717) is 5.92 Å². The molecule has 2 aromatic carbocycles. The van der Waals surface area contributed by atoms with E-state index in [2.05, 4.69) is 75.4 Å². The van der Waals surface area contributed by atoms with Crippen molar-refractivity contribution in [1.82, 2.24) is 4.98 Å². The molecule has 1 heterocycles. The average Bonchev–Trinajstić information content (AvgIpc) is 2.47. The van der Waals surface area contributed by atoms with Gasteiger partial charge >= 0.3 is 0 Å². The van der Waals surface area contributed by atoms with Crippen molar-refractivity contribution in [2.75, 3.05) is 0 Å². The molecule has 1 heteroatoms. The molecular weight excluding hydrogens is 254 g/mol. The molecule has 106 valence electrons. The maximum atomic E-state index is 4.87. The molecule has 0 aliphatic rings. The molecule has 0 aliphatic heterocycles. The molecule has 0 N–H and O–H groups in total. The molecule has 0 amide bonds. The van der Waals surface area contributed by atoms with Crippen LogP contribution >= 0.6 is 0 Å². The summed E-state index contributed by atoms with van der Waals surface area (Å²) < 4.78 is 0. The van der Waals surface area contributed by atoms with Gasteiger partial charge in [0.15, 0.2) is 0 Å². The van der Waals surface area contributed by atoms with Crippen molar-refractivity contribution < 1.29 is 0 Å². The van der Waals surface area contributed by atoms with E-state index in [9.17, 15) is 0 Å². The normalized spacial score (nSPS) is 11.2. The second kappa shape index (κ2) is 5.69. The molecule has 0 saturated carbocycles. The molecule has 0 aliphatic carbocycles. The number of fused-ring (bicyclic) bond motifs is 1. The van der Waals surface area contributed by atoms with Crippen LogP contribution in [0.3, 0.4) is 0 Å². The van der Waals surface area contributed by atoms with Crippen LogP contribution < -0.4 is 0 Å². The number of aryl methyl sites for hydroxylation is 1. The Balaban J connectivity index is 2.12. The smallest absolute Gasteiger partial charge is 0.0712 e. The third kappa shape index (κ3) is 2.82. The molecule has 21 heavy (non-hydrogen) atoms. The van der Waals surface area contributed by atoms with E-state index in [0.717, 1.165) is 17.6 Å². The Kier molecular flexibility index (Phi) is 3.74. The molecule has 0 fully saturated rings. The first-order chi connectivity index (χ1) is 10.1. The van der Waals surface area contributed by atoms with Gasteiger partial charge in [-0.2, -0.15) is 0 Å². The van der Waals surface area contributed by atoms with Gasteiger partial charge in [-0.3, -0.25) is 0 Å². The van der Waals surface area contributed by atoms with Crippen molar-refractivity contribution in [3.63, 3.8) is 0 Å². The molecule has 1 nitrogen and oxygen atoms in total. The van der Waals surface area contributed by atoms with Crippen LogP contribution in [0.1, 0.15) is 25.0 Å². The van der Waals surface area contributed by atoms with Crippen molar-refractivity contribution in [1.29, 1.82) is 0 Å². The predicted molar refractivity (Wildman–Crippen MR) is 90.5 cm³/mol. The van der Waals surface area contributed by atoms with Crippen LogP contribution in [0, 0.1) is 12.8 Å². The zero-order chi connectivity index (χ0) is 14.8. The SMILES string of the molecule is Cc1ccccc1-c1ccc2c(CC(C)C)cccc2n1. The minimum Gasteiger partial charge on any atom is -0.248 e. The van der Waals surface area contributed by atoms with Gasteiger partial charge < -0.3 is 0 Å². The highest BCUT2D eigenvalue weighted by Crippen LogP contribution is 2.26.